The Hall–Kier alpha value is -1.18. The minimum atomic E-state index is -0.698. The molecule has 1 atom stereocenters. The lowest BCUT2D eigenvalue weighted by Crippen LogP contribution is -2.50. The summed E-state index contributed by atoms with van der Waals surface area (Å²) in [7, 11) is 9.19. The van der Waals surface area contributed by atoms with Crippen molar-refractivity contribution in [2.45, 2.75) is 32.0 Å². The maximum Gasteiger partial charge on any atom is 0.246 e. The number of hydrogen-bond acceptors (Lipinski definition) is 7. The van der Waals surface area contributed by atoms with Crippen LogP contribution in [0.1, 0.15) is 25.5 Å². The van der Waals surface area contributed by atoms with Crippen LogP contribution in [0.5, 0.6) is 11.8 Å². The van der Waals surface area contributed by atoms with Crippen molar-refractivity contribution < 1.29 is 9.47 Å². The fourth-order valence-electron chi connectivity index (χ4n) is 2.27. The van der Waals surface area contributed by atoms with Crippen LogP contribution < -0.4 is 9.47 Å². The molecule has 0 spiro atoms. The standard InChI is InChI=1S/C15H24IN5O2/c1-9(2)11-13(19-12(16)14(18-11)22-7)23-10(8-17)15(20(3)4)21(5)6/h9-10,15H,1-7H3. The zero-order valence-corrected chi connectivity index (χ0v) is 16.8. The number of halogens is 1. The van der Waals surface area contributed by atoms with Crippen molar-refractivity contribution in [2.75, 3.05) is 35.3 Å². The van der Waals surface area contributed by atoms with Crippen LogP contribution in [0.2, 0.25) is 0 Å². The predicted molar refractivity (Wildman–Crippen MR) is 96.6 cm³/mol. The van der Waals surface area contributed by atoms with Gasteiger partial charge in [-0.05, 0) is 50.8 Å². The van der Waals surface area contributed by atoms with Crippen molar-refractivity contribution in [3.63, 3.8) is 0 Å². The van der Waals surface area contributed by atoms with E-state index in [0.29, 0.717) is 21.2 Å². The largest absolute Gasteiger partial charge is 0.479 e. The Morgan fingerprint density at radius 1 is 1.09 bits per heavy atom. The summed E-state index contributed by atoms with van der Waals surface area (Å²) in [4.78, 5) is 12.8. The first kappa shape index (κ1) is 19.9. The number of hydrogen-bond donors (Lipinski definition) is 0. The van der Waals surface area contributed by atoms with Crippen molar-refractivity contribution in [2.24, 2.45) is 0 Å². The van der Waals surface area contributed by atoms with Gasteiger partial charge in [-0.3, -0.25) is 9.80 Å². The minimum absolute atomic E-state index is 0.0971. The third-order valence-corrected chi connectivity index (χ3v) is 3.95. The van der Waals surface area contributed by atoms with Gasteiger partial charge in [0.05, 0.1) is 7.11 Å². The number of ether oxygens (including phenoxy) is 2. The Bertz CT molecular complexity index is 564. The fourth-order valence-corrected chi connectivity index (χ4v) is 2.83. The molecule has 1 unspecified atom stereocenters. The second kappa shape index (κ2) is 8.61. The molecule has 0 aromatic carbocycles. The molecule has 0 aliphatic heterocycles. The van der Waals surface area contributed by atoms with Crippen molar-refractivity contribution in [3.8, 4) is 17.8 Å². The van der Waals surface area contributed by atoms with Gasteiger partial charge in [-0.1, -0.05) is 13.8 Å². The number of rotatable bonds is 7. The molecule has 7 nitrogen and oxygen atoms in total. The summed E-state index contributed by atoms with van der Waals surface area (Å²) >= 11 is 2.05. The smallest absolute Gasteiger partial charge is 0.246 e. The molecule has 1 aromatic heterocycles. The van der Waals surface area contributed by atoms with E-state index in [9.17, 15) is 5.26 Å². The molecular formula is C15H24IN5O2. The molecule has 0 fully saturated rings. The molecule has 1 rings (SSSR count). The summed E-state index contributed by atoms with van der Waals surface area (Å²) in [5.41, 5.74) is 0.679. The minimum Gasteiger partial charge on any atom is -0.479 e. The van der Waals surface area contributed by atoms with Crippen molar-refractivity contribution in [3.05, 3.63) is 9.39 Å². The van der Waals surface area contributed by atoms with Crippen LogP contribution in [0, 0.1) is 15.0 Å². The fraction of sp³-hybridized carbons (Fsp3) is 0.667. The number of methoxy groups -OCH3 is 1. The summed E-state index contributed by atoms with van der Waals surface area (Å²) in [5.74, 6) is 0.942. The number of nitrogens with zero attached hydrogens (tertiary/aromatic N) is 5. The Balaban J connectivity index is 3.24. The highest BCUT2D eigenvalue weighted by molar-refractivity contribution is 14.1. The summed E-state index contributed by atoms with van der Waals surface area (Å²) in [6.45, 7) is 4.00. The normalized spacial score (nSPS) is 12.8. The zero-order valence-electron chi connectivity index (χ0n) is 14.7. The molecule has 23 heavy (non-hydrogen) atoms. The van der Waals surface area contributed by atoms with Crippen LogP contribution >= 0.6 is 22.6 Å². The molecular weight excluding hydrogens is 409 g/mol. The Labute approximate surface area is 151 Å². The third-order valence-electron chi connectivity index (χ3n) is 3.25. The lowest BCUT2D eigenvalue weighted by atomic mass is 10.1. The lowest BCUT2D eigenvalue weighted by molar-refractivity contribution is 0.0375. The van der Waals surface area contributed by atoms with E-state index < -0.39 is 6.10 Å². The zero-order chi connectivity index (χ0) is 17.7. The van der Waals surface area contributed by atoms with Crippen LogP contribution in [-0.2, 0) is 0 Å². The molecule has 1 heterocycles. The topological polar surface area (TPSA) is 74.5 Å². The van der Waals surface area contributed by atoms with E-state index in [1.807, 2.05) is 74.4 Å². The van der Waals surface area contributed by atoms with Crippen molar-refractivity contribution in [1.29, 1.82) is 5.26 Å². The average molecular weight is 433 g/mol. The van der Waals surface area contributed by atoms with Gasteiger partial charge in [-0.2, -0.15) is 10.2 Å². The van der Waals surface area contributed by atoms with E-state index in [1.54, 1.807) is 7.11 Å². The summed E-state index contributed by atoms with van der Waals surface area (Å²) in [6, 6.07) is 2.22. The van der Waals surface area contributed by atoms with E-state index in [-0.39, 0.29) is 12.1 Å². The first-order valence-electron chi connectivity index (χ1n) is 7.23. The molecule has 0 saturated carbocycles. The average Bonchev–Trinajstić information content (AvgIpc) is 2.45. The van der Waals surface area contributed by atoms with E-state index in [1.165, 1.54) is 0 Å². The number of likely N-dealkylation sites (N-methyl/N-ethyl adjacent to an activating group) is 2. The van der Waals surface area contributed by atoms with Crippen molar-refractivity contribution in [1.82, 2.24) is 19.8 Å². The van der Waals surface area contributed by atoms with E-state index in [2.05, 4.69) is 16.0 Å². The van der Waals surface area contributed by atoms with Gasteiger partial charge in [0.1, 0.15) is 17.9 Å². The summed E-state index contributed by atoms with van der Waals surface area (Å²) in [5, 5.41) is 9.55. The van der Waals surface area contributed by atoms with Crippen LogP contribution in [0.3, 0.4) is 0 Å². The van der Waals surface area contributed by atoms with Gasteiger partial charge >= 0.3 is 0 Å². The second-order valence-corrected chi connectivity index (χ2v) is 6.90. The van der Waals surface area contributed by atoms with Crippen LogP contribution in [0.15, 0.2) is 0 Å². The number of nitriles is 1. The van der Waals surface area contributed by atoms with Crippen LogP contribution in [-0.4, -0.2) is 67.3 Å². The maximum absolute atomic E-state index is 9.55. The van der Waals surface area contributed by atoms with Gasteiger partial charge in [-0.25, -0.2) is 4.98 Å². The van der Waals surface area contributed by atoms with Crippen LogP contribution in [0.4, 0.5) is 0 Å². The number of aromatic nitrogens is 2. The first-order valence-corrected chi connectivity index (χ1v) is 8.31. The van der Waals surface area contributed by atoms with E-state index in [4.69, 9.17) is 9.47 Å². The molecule has 0 aliphatic rings. The van der Waals surface area contributed by atoms with Gasteiger partial charge < -0.3 is 9.47 Å². The Morgan fingerprint density at radius 2 is 1.65 bits per heavy atom. The molecule has 0 aliphatic carbocycles. The summed E-state index contributed by atoms with van der Waals surface area (Å²) < 4.78 is 11.8. The molecule has 0 bridgehead atoms. The van der Waals surface area contributed by atoms with Gasteiger partial charge in [0, 0.05) is 5.92 Å². The van der Waals surface area contributed by atoms with Gasteiger partial charge in [-0.15, -0.1) is 0 Å². The van der Waals surface area contributed by atoms with Gasteiger partial charge in [0.15, 0.2) is 3.70 Å². The van der Waals surface area contributed by atoms with Gasteiger partial charge in [0.2, 0.25) is 17.9 Å². The Morgan fingerprint density at radius 3 is 2.04 bits per heavy atom. The quantitative estimate of drug-likeness (QED) is 0.481. The predicted octanol–water partition coefficient (Wildman–Crippen LogP) is 1.93. The monoisotopic (exact) mass is 433 g/mol. The lowest BCUT2D eigenvalue weighted by Gasteiger charge is -2.33. The highest BCUT2D eigenvalue weighted by Gasteiger charge is 2.29. The Kier molecular flexibility index (Phi) is 7.44. The molecule has 8 heteroatoms. The third kappa shape index (κ3) is 4.89. The van der Waals surface area contributed by atoms with Gasteiger partial charge in [0.25, 0.3) is 0 Å². The highest BCUT2D eigenvalue weighted by atomic mass is 127. The maximum atomic E-state index is 9.55. The van der Waals surface area contributed by atoms with E-state index in [0.717, 1.165) is 0 Å². The van der Waals surface area contributed by atoms with Crippen LogP contribution in [0.25, 0.3) is 0 Å². The summed E-state index contributed by atoms with van der Waals surface area (Å²) in [6.07, 6.45) is -0.905. The molecule has 0 radical (unpaired) electrons. The van der Waals surface area contributed by atoms with Crippen molar-refractivity contribution >= 4 is 22.6 Å². The molecule has 0 N–H and O–H groups in total. The molecule has 1 aromatic rings. The first-order chi connectivity index (χ1) is 10.7. The SMILES string of the molecule is COc1nc(C(C)C)c(OC(C#N)C(N(C)C)N(C)C)nc1I. The highest BCUT2D eigenvalue weighted by Crippen LogP contribution is 2.29. The second-order valence-electron chi connectivity index (χ2n) is 5.88. The molecule has 0 saturated heterocycles. The molecule has 128 valence electrons. The molecule has 0 amide bonds. The van der Waals surface area contributed by atoms with E-state index >= 15 is 0 Å².